The molecule has 0 aliphatic heterocycles. The monoisotopic (exact) mass is 309 g/mol. The van der Waals surface area contributed by atoms with Gasteiger partial charge in [-0.15, -0.1) is 0 Å². The van der Waals surface area contributed by atoms with Gasteiger partial charge < -0.3 is 10.2 Å². The SMILES string of the molecule is CCCNc1ccc(Cl)c(CN(C)CCC(F)(F)F)n1. The molecular formula is C13H19ClF3N3. The van der Waals surface area contributed by atoms with E-state index in [0.29, 0.717) is 16.5 Å². The Morgan fingerprint density at radius 2 is 2.05 bits per heavy atom. The number of halogens is 4. The Hall–Kier alpha value is -1.01. The van der Waals surface area contributed by atoms with Crippen molar-refractivity contribution in [1.82, 2.24) is 9.88 Å². The van der Waals surface area contributed by atoms with Crippen LogP contribution in [0, 0.1) is 0 Å². The summed E-state index contributed by atoms with van der Waals surface area (Å²) in [6.45, 7) is 3.04. The molecule has 1 heterocycles. The topological polar surface area (TPSA) is 28.2 Å². The standard InChI is InChI=1S/C13H19ClF3N3/c1-3-7-18-12-5-4-10(14)11(19-12)9-20(2)8-6-13(15,16)17/h4-5H,3,6-9H2,1-2H3,(H,18,19). The second-order valence-corrected chi connectivity index (χ2v) is 5.06. The third-order valence-corrected chi connectivity index (χ3v) is 3.02. The normalized spacial score (nSPS) is 11.9. The van der Waals surface area contributed by atoms with Gasteiger partial charge in [0.2, 0.25) is 0 Å². The number of hydrogen-bond acceptors (Lipinski definition) is 3. The molecule has 7 heteroatoms. The minimum atomic E-state index is -4.14. The van der Waals surface area contributed by atoms with E-state index >= 15 is 0 Å². The number of pyridine rings is 1. The van der Waals surface area contributed by atoms with E-state index in [1.165, 1.54) is 0 Å². The van der Waals surface area contributed by atoms with Crippen molar-refractivity contribution in [3.8, 4) is 0 Å². The Labute approximate surface area is 122 Å². The van der Waals surface area contributed by atoms with E-state index in [4.69, 9.17) is 11.6 Å². The third-order valence-electron chi connectivity index (χ3n) is 2.67. The molecule has 0 aliphatic carbocycles. The molecule has 114 valence electrons. The summed E-state index contributed by atoms with van der Waals surface area (Å²) in [4.78, 5) is 5.89. The first-order valence-electron chi connectivity index (χ1n) is 6.46. The van der Waals surface area contributed by atoms with Crippen molar-refractivity contribution in [3.63, 3.8) is 0 Å². The van der Waals surface area contributed by atoms with Crippen molar-refractivity contribution < 1.29 is 13.2 Å². The largest absolute Gasteiger partial charge is 0.390 e. The Bertz CT molecular complexity index is 424. The van der Waals surface area contributed by atoms with Crippen molar-refractivity contribution in [2.45, 2.75) is 32.5 Å². The van der Waals surface area contributed by atoms with Crippen LogP contribution in [0.25, 0.3) is 0 Å². The van der Waals surface area contributed by atoms with E-state index in [1.54, 1.807) is 24.1 Å². The van der Waals surface area contributed by atoms with Crippen molar-refractivity contribution in [1.29, 1.82) is 0 Å². The molecule has 0 saturated heterocycles. The van der Waals surface area contributed by atoms with Gasteiger partial charge in [0.05, 0.1) is 17.1 Å². The molecule has 1 rings (SSSR count). The predicted octanol–water partition coefficient (Wildman–Crippen LogP) is 3.94. The summed E-state index contributed by atoms with van der Waals surface area (Å²) < 4.78 is 36.5. The summed E-state index contributed by atoms with van der Waals surface area (Å²) in [5, 5.41) is 3.59. The molecule has 0 aromatic carbocycles. The zero-order chi connectivity index (χ0) is 15.2. The molecule has 1 aromatic heterocycles. The highest BCUT2D eigenvalue weighted by atomic mass is 35.5. The van der Waals surface area contributed by atoms with Gasteiger partial charge in [0, 0.05) is 19.6 Å². The Morgan fingerprint density at radius 1 is 1.35 bits per heavy atom. The maximum atomic E-state index is 12.2. The molecule has 20 heavy (non-hydrogen) atoms. The molecule has 0 unspecified atom stereocenters. The van der Waals surface area contributed by atoms with Gasteiger partial charge in [0.15, 0.2) is 0 Å². The summed E-state index contributed by atoms with van der Waals surface area (Å²) in [6, 6.07) is 3.47. The fourth-order valence-electron chi connectivity index (χ4n) is 1.60. The van der Waals surface area contributed by atoms with Crippen LogP contribution in [-0.2, 0) is 6.54 Å². The zero-order valence-electron chi connectivity index (χ0n) is 11.6. The van der Waals surface area contributed by atoms with E-state index in [1.807, 2.05) is 6.92 Å². The minimum absolute atomic E-state index is 0.0753. The lowest BCUT2D eigenvalue weighted by molar-refractivity contribution is -0.137. The molecule has 0 aliphatic rings. The fourth-order valence-corrected chi connectivity index (χ4v) is 1.76. The van der Waals surface area contributed by atoms with Crippen LogP contribution in [0.4, 0.5) is 19.0 Å². The highest BCUT2D eigenvalue weighted by molar-refractivity contribution is 6.31. The summed E-state index contributed by atoms with van der Waals surface area (Å²) >= 11 is 6.03. The smallest absolute Gasteiger partial charge is 0.370 e. The molecule has 0 amide bonds. The third kappa shape index (κ3) is 6.43. The summed E-state index contributed by atoms with van der Waals surface area (Å²) in [5.74, 6) is 0.690. The van der Waals surface area contributed by atoms with Crippen LogP contribution in [0.1, 0.15) is 25.5 Å². The van der Waals surface area contributed by atoms with Crippen LogP contribution in [0.3, 0.4) is 0 Å². The van der Waals surface area contributed by atoms with Crippen LogP contribution in [0.5, 0.6) is 0 Å². The van der Waals surface area contributed by atoms with Gasteiger partial charge in [-0.2, -0.15) is 13.2 Å². The van der Waals surface area contributed by atoms with Gasteiger partial charge in [-0.1, -0.05) is 18.5 Å². The van der Waals surface area contributed by atoms with Crippen LogP contribution in [-0.4, -0.2) is 36.2 Å². The van der Waals surface area contributed by atoms with E-state index in [9.17, 15) is 13.2 Å². The lowest BCUT2D eigenvalue weighted by Crippen LogP contribution is -2.24. The number of anilines is 1. The highest BCUT2D eigenvalue weighted by Gasteiger charge is 2.27. The van der Waals surface area contributed by atoms with E-state index in [0.717, 1.165) is 13.0 Å². The van der Waals surface area contributed by atoms with Crippen molar-refractivity contribution in [2.75, 3.05) is 25.5 Å². The number of aromatic nitrogens is 1. The summed E-state index contributed by atoms with van der Waals surface area (Å²) in [5.41, 5.74) is 0.581. The molecular weight excluding hydrogens is 291 g/mol. The Balaban J connectivity index is 2.61. The van der Waals surface area contributed by atoms with Crippen LogP contribution < -0.4 is 5.32 Å². The van der Waals surface area contributed by atoms with E-state index in [-0.39, 0.29) is 13.1 Å². The lowest BCUT2D eigenvalue weighted by atomic mass is 10.3. The number of nitrogens with one attached hydrogen (secondary N) is 1. The van der Waals surface area contributed by atoms with Gasteiger partial charge in [0.1, 0.15) is 5.82 Å². The number of alkyl halides is 3. The lowest BCUT2D eigenvalue weighted by Gasteiger charge is -2.18. The number of nitrogens with zero attached hydrogens (tertiary/aromatic N) is 2. The van der Waals surface area contributed by atoms with Crippen molar-refractivity contribution >= 4 is 17.4 Å². The quantitative estimate of drug-likeness (QED) is 0.827. The maximum absolute atomic E-state index is 12.2. The summed E-state index contributed by atoms with van der Waals surface area (Å²) in [7, 11) is 1.62. The average Bonchev–Trinajstić information content (AvgIpc) is 2.36. The molecule has 0 atom stereocenters. The minimum Gasteiger partial charge on any atom is -0.370 e. The molecule has 0 radical (unpaired) electrons. The molecule has 1 aromatic rings. The van der Waals surface area contributed by atoms with E-state index in [2.05, 4.69) is 10.3 Å². The van der Waals surface area contributed by atoms with Crippen LogP contribution >= 0.6 is 11.6 Å². The predicted molar refractivity (Wildman–Crippen MR) is 75.0 cm³/mol. The van der Waals surface area contributed by atoms with Gasteiger partial charge in [-0.3, -0.25) is 0 Å². The molecule has 1 N–H and O–H groups in total. The second-order valence-electron chi connectivity index (χ2n) is 4.65. The Kier molecular flexibility index (Phi) is 6.55. The molecule has 3 nitrogen and oxygen atoms in total. The second kappa shape index (κ2) is 7.69. The van der Waals surface area contributed by atoms with Gasteiger partial charge in [-0.05, 0) is 25.6 Å². The summed E-state index contributed by atoms with van der Waals surface area (Å²) in [6.07, 6.45) is -4.02. The first-order valence-corrected chi connectivity index (χ1v) is 6.84. The number of rotatable bonds is 7. The zero-order valence-corrected chi connectivity index (χ0v) is 12.4. The number of hydrogen-bond donors (Lipinski definition) is 1. The maximum Gasteiger partial charge on any atom is 0.390 e. The average molecular weight is 310 g/mol. The first kappa shape index (κ1) is 17.0. The van der Waals surface area contributed by atoms with Crippen molar-refractivity contribution in [3.05, 3.63) is 22.8 Å². The molecule has 0 spiro atoms. The van der Waals surface area contributed by atoms with Gasteiger partial charge >= 0.3 is 6.18 Å². The molecule has 0 saturated carbocycles. The van der Waals surface area contributed by atoms with Crippen molar-refractivity contribution in [2.24, 2.45) is 0 Å². The first-order chi connectivity index (χ1) is 9.31. The Morgan fingerprint density at radius 3 is 2.65 bits per heavy atom. The fraction of sp³-hybridized carbons (Fsp3) is 0.615. The van der Waals surface area contributed by atoms with E-state index < -0.39 is 12.6 Å². The van der Waals surface area contributed by atoms with Gasteiger partial charge in [0.25, 0.3) is 0 Å². The van der Waals surface area contributed by atoms with Crippen LogP contribution in [0.15, 0.2) is 12.1 Å². The highest BCUT2D eigenvalue weighted by Crippen LogP contribution is 2.21. The molecule has 0 fully saturated rings. The van der Waals surface area contributed by atoms with Gasteiger partial charge in [-0.25, -0.2) is 4.98 Å². The molecule has 0 bridgehead atoms. The van der Waals surface area contributed by atoms with Crippen LogP contribution in [0.2, 0.25) is 5.02 Å².